The topological polar surface area (TPSA) is 34.1 Å². The van der Waals surface area contributed by atoms with Crippen molar-refractivity contribution in [2.75, 3.05) is 11.9 Å². The third-order valence-corrected chi connectivity index (χ3v) is 4.04. The van der Waals surface area contributed by atoms with Crippen molar-refractivity contribution < 1.29 is 4.74 Å². The van der Waals surface area contributed by atoms with Crippen LogP contribution in [-0.4, -0.2) is 11.6 Å². The lowest BCUT2D eigenvalue weighted by atomic mass is 10.0. The van der Waals surface area contributed by atoms with Crippen molar-refractivity contribution in [2.24, 2.45) is 0 Å². The van der Waals surface area contributed by atoms with Crippen molar-refractivity contribution in [3.8, 4) is 5.75 Å². The predicted octanol–water partition coefficient (Wildman–Crippen LogP) is 4.70. The molecule has 3 aromatic rings. The molecule has 0 bridgehead atoms. The molecule has 0 saturated heterocycles. The fourth-order valence-corrected chi connectivity index (χ4v) is 2.85. The van der Waals surface area contributed by atoms with Crippen LogP contribution in [0.2, 0.25) is 0 Å². The smallest absolute Gasteiger partial charge is 0.182 e. The van der Waals surface area contributed by atoms with E-state index < -0.39 is 0 Å². The Morgan fingerprint density at radius 2 is 2.10 bits per heavy atom. The molecule has 0 fully saturated rings. The van der Waals surface area contributed by atoms with Gasteiger partial charge in [-0.15, -0.1) is 11.3 Å². The number of rotatable bonds is 6. The highest BCUT2D eigenvalue weighted by atomic mass is 32.1. The SMILES string of the molecule is CCCOc1ccc2ccccc2c1CNc1nccs1. The van der Waals surface area contributed by atoms with Crippen LogP contribution in [0, 0.1) is 0 Å². The van der Waals surface area contributed by atoms with E-state index >= 15 is 0 Å². The molecule has 2 aromatic carbocycles. The second-order valence-electron chi connectivity index (χ2n) is 4.80. The largest absolute Gasteiger partial charge is 0.493 e. The van der Waals surface area contributed by atoms with E-state index in [1.807, 2.05) is 11.6 Å². The van der Waals surface area contributed by atoms with Crippen LogP contribution in [0.15, 0.2) is 48.0 Å². The van der Waals surface area contributed by atoms with Gasteiger partial charge < -0.3 is 10.1 Å². The fraction of sp³-hybridized carbons (Fsp3) is 0.235. The molecule has 0 aliphatic rings. The number of benzene rings is 2. The molecular weight excluding hydrogens is 280 g/mol. The second-order valence-corrected chi connectivity index (χ2v) is 5.70. The van der Waals surface area contributed by atoms with Crippen molar-refractivity contribution in [2.45, 2.75) is 19.9 Å². The minimum Gasteiger partial charge on any atom is -0.493 e. The van der Waals surface area contributed by atoms with Gasteiger partial charge in [-0.1, -0.05) is 37.3 Å². The van der Waals surface area contributed by atoms with Crippen LogP contribution in [0.5, 0.6) is 5.75 Å². The van der Waals surface area contributed by atoms with Gasteiger partial charge in [-0.25, -0.2) is 4.98 Å². The molecule has 108 valence electrons. The number of aromatic nitrogens is 1. The Hall–Kier alpha value is -2.07. The zero-order chi connectivity index (χ0) is 14.5. The molecule has 3 rings (SSSR count). The Balaban J connectivity index is 1.94. The van der Waals surface area contributed by atoms with Gasteiger partial charge in [-0.3, -0.25) is 0 Å². The summed E-state index contributed by atoms with van der Waals surface area (Å²) in [5, 5.41) is 8.75. The number of nitrogens with zero attached hydrogens (tertiary/aromatic N) is 1. The van der Waals surface area contributed by atoms with Gasteiger partial charge in [0.25, 0.3) is 0 Å². The quantitative estimate of drug-likeness (QED) is 0.716. The summed E-state index contributed by atoms with van der Waals surface area (Å²) in [7, 11) is 0. The third kappa shape index (κ3) is 3.16. The van der Waals surface area contributed by atoms with Crippen LogP contribution in [0.25, 0.3) is 10.8 Å². The van der Waals surface area contributed by atoms with E-state index in [0.29, 0.717) is 6.54 Å². The van der Waals surface area contributed by atoms with Gasteiger partial charge in [0.2, 0.25) is 0 Å². The molecule has 3 nitrogen and oxygen atoms in total. The van der Waals surface area contributed by atoms with Crippen LogP contribution in [0.1, 0.15) is 18.9 Å². The van der Waals surface area contributed by atoms with Crippen LogP contribution in [0.3, 0.4) is 0 Å². The van der Waals surface area contributed by atoms with E-state index in [1.54, 1.807) is 11.3 Å². The Kier molecular flexibility index (Phi) is 4.36. The summed E-state index contributed by atoms with van der Waals surface area (Å²) >= 11 is 1.61. The molecule has 21 heavy (non-hydrogen) atoms. The first-order chi connectivity index (χ1) is 10.4. The standard InChI is InChI=1S/C17H18N2OS/c1-2-10-20-16-8-7-13-5-3-4-6-14(13)15(16)12-19-17-18-9-11-21-17/h3-9,11H,2,10,12H2,1H3,(H,18,19). The number of thiazole rings is 1. The zero-order valence-electron chi connectivity index (χ0n) is 12.0. The normalized spacial score (nSPS) is 10.7. The minimum atomic E-state index is 0.716. The first kappa shape index (κ1) is 13.9. The van der Waals surface area contributed by atoms with Crippen molar-refractivity contribution in [3.05, 3.63) is 53.5 Å². The summed E-state index contributed by atoms with van der Waals surface area (Å²) in [6, 6.07) is 12.6. The van der Waals surface area contributed by atoms with Gasteiger partial charge in [0, 0.05) is 23.7 Å². The summed E-state index contributed by atoms with van der Waals surface area (Å²) in [5.41, 5.74) is 1.19. The summed E-state index contributed by atoms with van der Waals surface area (Å²) in [6.07, 6.45) is 2.82. The Labute approximate surface area is 128 Å². The zero-order valence-corrected chi connectivity index (χ0v) is 12.8. The molecular formula is C17H18N2OS. The maximum absolute atomic E-state index is 5.91. The minimum absolute atomic E-state index is 0.716. The summed E-state index contributed by atoms with van der Waals surface area (Å²) in [4.78, 5) is 4.27. The van der Waals surface area contributed by atoms with E-state index in [2.05, 4.69) is 53.6 Å². The van der Waals surface area contributed by atoms with Gasteiger partial charge in [0.05, 0.1) is 6.61 Å². The Morgan fingerprint density at radius 3 is 2.90 bits per heavy atom. The first-order valence-corrected chi connectivity index (χ1v) is 8.03. The van der Waals surface area contributed by atoms with E-state index in [-0.39, 0.29) is 0 Å². The van der Waals surface area contributed by atoms with E-state index in [1.165, 1.54) is 16.3 Å². The monoisotopic (exact) mass is 298 g/mol. The molecule has 1 heterocycles. The fourth-order valence-electron chi connectivity index (χ4n) is 2.32. The van der Waals surface area contributed by atoms with Gasteiger partial charge in [0.1, 0.15) is 5.75 Å². The van der Waals surface area contributed by atoms with E-state index in [0.717, 1.165) is 23.9 Å². The van der Waals surface area contributed by atoms with Gasteiger partial charge in [-0.2, -0.15) is 0 Å². The number of nitrogens with one attached hydrogen (secondary N) is 1. The average Bonchev–Trinajstić information content (AvgIpc) is 3.04. The third-order valence-electron chi connectivity index (χ3n) is 3.31. The summed E-state index contributed by atoms with van der Waals surface area (Å²) in [5.74, 6) is 0.958. The highest BCUT2D eigenvalue weighted by molar-refractivity contribution is 7.13. The Morgan fingerprint density at radius 1 is 1.19 bits per heavy atom. The van der Waals surface area contributed by atoms with Crippen molar-refractivity contribution >= 4 is 27.2 Å². The molecule has 4 heteroatoms. The van der Waals surface area contributed by atoms with Crippen LogP contribution in [-0.2, 0) is 6.54 Å². The van der Waals surface area contributed by atoms with Gasteiger partial charge >= 0.3 is 0 Å². The highest BCUT2D eigenvalue weighted by Gasteiger charge is 2.09. The van der Waals surface area contributed by atoms with Crippen molar-refractivity contribution in [3.63, 3.8) is 0 Å². The summed E-state index contributed by atoms with van der Waals surface area (Å²) in [6.45, 7) is 3.57. The van der Waals surface area contributed by atoms with Gasteiger partial charge in [-0.05, 0) is 23.3 Å². The molecule has 0 atom stereocenters. The second kappa shape index (κ2) is 6.59. The molecule has 0 saturated carbocycles. The maximum Gasteiger partial charge on any atom is 0.182 e. The summed E-state index contributed by atoms with van der Waals surface area (Å²) < 4.78 is 5.91. The number of hydrogen-bond donors (Lipinski definition) is 1. The van der Waals surface area contributed by atoms with Crippen molar-refractivity contribution in [1.82, 2.24) is 4.98 Å². The number of ether oxygens (including phenoxy) is 1. The molecule has 0 spiro atoms. The number of fused-ring (bicyclic) bond motifs is 1. The van der Waals surface area contributed by atoms with Crippen molar-refractivity contribution in [1.29, 1.82) is 0 Å². The molecule has 0 radical (unpaired) electrons. The van der Waals surface area contributed by atoms with Crippen LogP contribution in [0.4, 0.5) is 5.13 Å². The molecule has 1 aromatic heterocycles. The lowest BCUT2D eigenvalue weighted by molar-refractivity contribution is 0.315. The maximum atomic E-state index is 5.91. The van der Waals surface area contributed by atoms with E-state index in [4.69, 9.17) is 4.74 Å². The molecule has 1 N–H and O–H groups in total. The lowest BCUT2D eigenvalue weighted by Gasteiger charge is -2.14. The first-order valence-electron chi connectivity index (χ1n) is 7.15. The van der Waals surface area contributed by atoms with Crippen LogP contribution >= 0.6 is 11.3 Å². The molecule has 0 unspecified atom stereocenters. The lowest BCUT2D eigenvalue weighted by Crippen LogP contribution is -2.04. The average molecular weight is 298 g/mol. The number of hydrogen-bond acceptors (Lipinski definition) is 4. The van der Waals surface area contributed by atoms with Crippen LogP contribution < -0.4 is 10.1 Å². The Bertz CT molecular complexity index is 710. The number of anilines is 1. The molecule has 0 aliphatic heterocycles. The van der Waals surface area contributed by atoms with E-state index in [9.17, 15) is 0 Å². The molecule has 0 amide bonds. The molecule has 0 aliphatic carbocycles. The highest BCUT2D eigenvalue weighted by Crippen LogP contribution is 2.29. The van der Waals surface area contributed by atoms with Gasteiger partial charge in [0.15, 0.2) is 5.13 Å². The predicted molar refractivity (Wildman–Crippen MR) is 89.2 cm³/mol.